The van der Waals surface area contributed by atoms with Crippen molar-refractivity contribution in [3.8, 4) is 0 Å². The third-order valence-corrected chi connectivity index (χ3v) is 4.82. The minimum absolute atomic E-state index is 0.205. The molecule has 0 radical (unpaired) electrons. The fourth-order valence-corrected chi connectivity index (χ4v) is 3.49. The van der Waals surface area contributed by atoms with Gasteiger partial charge in [0.1, 0.15) is 24.7 Å². The third-order valence-electron chi connectivity index (χ3n) is 4.82. The molecule has 5 heteroatoms. The Labute approximate surface area is 165 Å². The van der Waals surface area contributed by atoms with Crippen LogP contribution in [0.3, 0.4) is 0 Å². The predicted molar refractivity (Wildman–Crippen MR) is 106 cm³/mol. The summed E-state index contributed by atoms with van der Waals surface area (Å²) in [4.78, 5) is 1.34. The molecule has 0 aliphatic carbocycles. The van der Waals surface area contributed by atoms with E-state index < -0.39 is 0 Å². The van der Waals surface area contributed by atoms with Gasteiger partial charge in [0.25, 0.3) is 0 Å². The van der Waals surface area contributed by atoms with Gasteiger partial charge in [0.15, 0.2) is 0 Å². The summed E-state index contributed by atoms with van der Waals surface area (Å²) < 4.78 is 34.4. The Morgan fingerprint density at radius 1 is 0.893 bits per heavy atom. The molecule has 0 amide bonds. The van der Waals surface area contributed by atoms with Crippen LogP contribution in [0.15, 0.2) is 66.9 Å². The summed E-state index contributed by atoms with van der Waals surface area (Å²) in [6.07, 6.45) is 2.96. The van der Waals surface area contributed by atoms with Crippen molar-refractivity contribution in [2.24, 2.45) is 0 Å². The second kappa shape index (κ2) is 10.2. The van der Waals surface area contributed by atoms with Gasteiger partial charge in [0.05, 0.1) is 18.8 Å². The molecule has 3 nitrogen and oxygen atoms in total. The van der Waals surface area contributed by atoms with E-state index in [1.54, 1.807) is 31.4 Å². The first-order valence-electron chi connectivity index (χ1n) is 9.59. The first kappa shape index (κ1) is 20.2. The zero-order chi connectivity index (χ0) is 19.8. The van der Waals surface area contributed by atoms with Crippen LogP contribution in [0.1, 0.15) is 23.2 Å². The highest BCUT2D eigenvalue weighted by molar-refractivity contribution is 5.19. The number of nitrogens with zero attached hydrogens (tertiary/aromatic N) is 1. The van der Waals surface area contributed by atoms with Crippen LogP contribution in [0.5, 0.6) is 0 Å². The normalized spacial score (nSPS) is 12.2. The minimum Gasteiger partial charge on any atom is -0.384 e. The lowest BCUT2D eigenvalue weighted by atomic mass is 10.2. The van der Waals surface area contributed by atoms with Gasteiger partial charge < -0.3 is 14.2 Å². The number of hydrogen-bond acceptors (Lipinski definition) is 1. The molecular formula is C23H27F2N2O+. The molecule has 0 bridgehead atoms. The quantitative estimate of drug-likeness (QED) is 0.530. The maximum Gasteiger partial charge on any atom is 0.123 e. The summed E-state index contributed by atoms with van der Waals surface area (Å²) in [6, 6.07) is 17.6. The molecule has 0 fully saturated rings. The molecule has 1 atom stereocenters. The fourth-order valence-electron chi connectivity index (χ4n) is 3.49. The molecule has 0 aliphatic rings. The van der Waals surface area contributed by atoms with Crippen molar-refractivity contribution in [2.45, 2.75) is 26.1 Å². The van der Waals surface area contributed by atoms with Gasteiger partial charge in [-0.1, -0.05) is 24.3 Å². The van der Waals surface area contributed by atoms with Gasteiger partial charge in [-0.05, 0) is 42.0 Å². The Morgan fingerprint density at radius 3 is 2.32 bits per heavy atom. The SMILES string of the molecule is COCCC[NH+](Cc1cccc(F)c1)Cc1cccn1Cc1cccc(F)c1. The van der Waals surface area contributed by atoms with Gasteiger partial charge in [-0.25, -0.2) is 8.78 Å². The zero-order valence-electron chi connectivity index (χ0n) is 16.2. The fraction of sp³-hybridized carbons (Fsp3) is 0.304. The van der Waals surface area contributed by atoms with E-state index in [1.165, 1.54) is 22.7 Å². The van der Waals surface area contributed by atoms with Gasteiger partial charge >= 0.3 is 0 Å². The average Bonchev–Trinajstić information content (AvgIpc) is 3.08. The number of halogens is 2. The van der Waals surface area contributed by atoms with Gasteiger partial charge in [0, 0.05) is 31.8 Å². The lowest BCUT2D eigenvalue weighted by Crippen LogP contribution is -3.09. The Bertz CT molecular complexity index is 878. The standard InChI is InChI=1S/C23H26F2N2O/c1-28-13-5-11-26(16-19-6-2-8-21(24)14-19)18-23-10-4-12-27(23)17-20-7-3-9-22(25)15-20/h2-4,6-10,12,14-15H,5,11,13,16-18H2,1H3/p+1. The number of quaternary nitrogens is 1. The second-order valence-electron chi connectivity index (χ2n) is 7.09. The van der Waals surface area contributed by atoms with Crippen LogP contribution in [-0.4, -0.2) is 24.8 Å². The molecular weight excluding hydrogens is 358 g/mol. The van der Waals surface area contributed by atoms with Crippen molar-refractivity contribution in [3.63, 3.8) is 0 Å². The average molecular weight is 385 g/mol. The van der Waals surface area contributed by atoms with Crippen molar-refractivity contribution in [2.75, 3.05) is 20.3 Å². The van der Waals surface area contributed by atoms with Crippen LogP contribution in [-0.2, 0) is 24.4 Å². The summed E-state index contributed by atoms with van der Waals surface area (Å²) in [6.45, 7) is 3.81. The number of rotatable bonds is 10. The van der Waals surface area contributed by atoms with Gasteiger partial charge in [-0.2, -0.15) is 0 Å². The van der Waals surface area contributed by atoms with Crippen LogP contribution in [0.25, 0.3) is 0 Å². The third kappa shape index (κ3) is 6.01. The molecule has 1 heterocycles. The van der Waals surface area contributed by atoms with E-state index in [1.807, 2.05) is 24.4 Å². The van der Waals surface area contributed by atoms with Gasteiger partial charge in [0.2, 0.25) is 0 Å². The molecule has 0 aliphatic heterocycles. The molecule has 3 aromatic rings. The predicted octanol–water partition coefficient (Wildman–Crippen LogP) is 3.44. The summed E-state index contributed by atoms with van der Waals surface area (Å²) in [5, 5.41) is 0. The summed E-state index contributed by atoms with van der Waals surface area (Å²) >= 11 is 0. The Kier molecular flexibility index (Phi) is 7.34. The molecule has 3 rings (SSSR count). The maximum atomic E-state index is 13.6. The van der Waals surface area contributed by atoms with Crippen LogP contribution in [0.2, 0.25) is 0 Å². The van der Waals surface area contributed by atoms with Crippen LogP contribution >= 0.6 is 0 Å². The Hall–Kier alpha value is -2.50. The molecule has 0 saturated carbocycles. The van der Waals surface area contributed by atoms with Crippen molar-refractivity contribution >= 4 is 0 Å². The molecule has 148 valence electrons. The van der Waals surface area contributed by atoms with Crippen LogP contribution < -0.4 is 4.90 Å². The van der Waals surface area contributed by atoms with E-state index in [-0.39, 0.29) is 11.6 Å². The first-order chi connectivity index (χ1) is 13.6. The molecule has 1 N–H and O–H groups in total. The highest BCUT2D eigenvalue weighted by Gasteiger charge is 2.14. The number of hydrogen-bond donors (Lipinski definition) is 1. The van der Waals surface area contributed by atoms with E-state index in [0.29, 0.717) is 13.2 Å². The number of aromatic nitrogens is 1. The monoisotopic (exact) mass is 385 g/mol. The first-order valence-corrected chi connectivity index (χ1v) is 9.59. The second-order valence-corrected chi connectivity index (χ2v) is 7.09. The smallest absolute Gasteiger partial charge is 0.123 e. The molecule has 28 heavy (non-hydrogen) atoms. The van der Waals surface area contributed by atoms with Gasteiger partial charge in [-0.3, -0.25) is 0 Å². The number of ether oxygens (including phenoxy) is 1. The maximum absolute atomic E-state index is 13.6. The molecule has 1 aromatic heterocycles. The highest BCUT2D eigenvalue weighted by Crippen LogP contribution is 2.09. The Morgan fingerprint density at radius 2 is 1.61 bits per heavy atom. The lowest BCUT2D eigenvalue weighted by molar-refractivity contribution is -0.928. The largest absolute Gasteiger partial charge is 0.384 e. The van der Waals surface area contributed by atoms with Crippen LogP contribution in [0, 0.1) is 11.6 Å². The molecule has 2 aromatic carbocycles. The van der Waals surface area contributed by atoms with E-state index in [9.17, 15) is 8.78 Å². The lowest BCUT2D eigenvalue weighted by Gasteiger charge is -2.21. The van der Waals surface area contributed by atoms with Crippen molar-refractivity contribution < 1.29 is 18.4 Å². The van der Waals surface area contributed by atoms with Crippen molar-refractivity contribution in [3.05, 3.63) is 95.3 Å². The van der Waals surface area contributed by atoms with Crippen molar-refractivity contribution in [1.29, 1.82) is 0 Å². The van der Waals surface area contributed by atoms with E-state index >= 15 is 0 Å². The topological polar surface area (TPSA) is 18.6 Å². The number of nitrogens with one attached hydrogen (secondary N) is 1. The molecule has 1 unspecified atom stereocenters. The molecule has 0 spiro atoms. The zero-order valence-corrected chi connectivity index (χ0v) is 16.2. The van der Waals surface area contributed by atoms with E-state index in [4.69, 9.17) is 4.74 Å². The van der Waals surface area contributed by atoms with E-state index in [0.717, 1.165) is 37.2 Å². The van der Waals surface area contributed by atoms with Gasteiger partial charge in [-0.15, -0.1) is 0 Å². The summed E-state index contributed by atoms with van der Waals surface area (Å²) in [5.41, 5.74) is 3.09. The minimum atomic E-state index is -0.218. The number of benzene rings is 2. The van der Waals surface area contributed by atoms with E-state index in [2.05, 4.69) is 10.6 Å². The van der Waals surface area contributed by atoms with Crippen molar-refractivity contribution in [1.82, 2.24) is 4.57 Å². The van der Waals surface area contributed by atoms with Crippen LogP contribution in [0.4, 0.5) is 8.78 Å². The summed E-state index contributed by atoms with van der Waals surface area (Å²) in [5.74, 6) is -0.424. The Balaban J connectivity index is 1.72. The summed E-state index contributed by atoms with van der Waals surface area (Å²) in [7, 11) is 1.70. The number of methoxy groups -OCH3 is 1. The molecule has 0 saturated heterocycles. The highest BCUT2D eigenvalue weighted by atomic mass is 19.1.